The second-order valence-electron chi connectivity index (χ2n) is 6.56. The molecule has 2 amide bonds. The zero-order valence-electron chi connectivity index (χ0n) is 16.2. The van der Waals surface area contributed by atoms with Gasteiger partial charge in [-0.3, -0.25) is 14.4 Å². The number of carbonyl (C=O) groups is 3. The third-order valence-electron chi connectivity index (χ3n) is 4.30. The second-order valence-corrected chi connectivity index (χ2v) is 6.56. The molecular weight excluding hydrogens is 392 g/mol. The van der Waals surface area contributed by atoms with Gasteiger partial charge in [-0.05, 0) is 48.7 Å². The van der Waals surface area contributed by atoms with Gasteiger partial charge in [0.15, 0.2) is 17.3 Å². The Morgan fingerprint density at radius 2 is 1.90 bits per heavy atom. The maximum absolute atomic E-state index is 12.7. The van der Waals surface area contributed by atoms with E-state index >= 15 is 0 Å². The lowest BCUT2D eigenvalue weighted by molar-refractivity contribution is -0.137. The van der Waals surface area contributed by atoms with Crippen molar-refractivity contribution in [2.75, 3.05) is 13.3 Å². The van der Waals surface area contributed by atoms with Crippen LogP contribution in [-0.4, -0.2) is 36.2 Å². The van der Waals surface area contributed by atoms with E-state index in [1.165, 1.54) is 18.4 Å². The minimum Gasteiger partial charge on any atom is -0.481 e. The molecule has 2 heterocycles. The summed E-state index contributed by atoms with van der Waals surface area (Å²) in [5.41, 5.74) is 0.686. The van der Waals surface area contributed by atoms with Gasteiger partial charge in [0.1, 0.15) is 5.70 Å². The van der Waals surface area contributed by atoms with Crippen LogP contribution < -0.4 is 20.1 Å². The minimum atomic E-state index is -0.839. The fourth-order valence-electron chi connectivity index (χ4n) is 2.79. The fourth-order valence-corrected chi connectivity index (χ4v) is 2.79. The third-order valence-corrected chi connectivity index (χ3v) is 4.30. The maximum atomic E-state index is 12.7. The highest BCUT2D eigenvalue weighted by Gasteiger charge is 2.18. The average molecular weight is 414 g/mol. The Balaban J connectivity index is 1.66. The van der Waals surface area contributed by atoms with Crippen LogP contribution in [0.3, 0.4) is 0 Å². The molecule has 0 spiro atoms. The molecule has 9 nitrogen and oxygen atoms in total. The number of aliphatic carboxylic acids is 1. The van der Waals surface area contributed by atoms with E-state index in [2.05, 4.69) is 10.6 Å². The van der Waals surface area contributed by atoms with E-state index < -0.39 is 17.8 Å². The highest BCUT2D eigenvalue weighted by molar-refractivity contribution is 6.04. The van der Waals surface area contributed by atoms with Crippen molar-refractivity contribution in [2.45, 2.75) is 25.7 Å². The molecule has 158 valence electrons. The van der Waals surface area contributed by atoms with Gasteiger partial charge in [0.2, 0.25) is 6.79 Å². The highest BCUT2D eigenvalue weighted by Crippen LogP contribution is 2.33. The van der Waals surface area contributed by atoms with Crippen LogP contribution in [0.2, 0.25) is 0 Å². The van der Waals surface area contributed by atoms with Crippen LogP contribution in [0, 0.1) is 0 Å². The Morgan fingerprint density at radius 1 is 1.07 bits per heavy atom. The first-order chi connectivity index (χ1) is 14.5. The summed E-state index contributed by atoms with van der Waals surface area (Å²) < 4.78 is 15.7. The molecule has 9 heteroatoms. The number of benzene rings is 1. The predicted octanol–water partition coefficient (Wildman–Crippen LogP) is 2.54. The summed E-state index contributed by atoms with van der Waals surface area (Å²) >= 11 is 0. The van der Waals surface area contributed by atoms with Gasteiger partial charge in [-0.25, -0.2) is 0 Å². The van der Waals surface area contributed by atoms with Gasteiger partial charge in [-0.1, -0.05) is 12.5 Å². The predicted molar refractivity (Wildman–Crippen MR) is 106 cm³/mol. The summed E-state index contributed by atoms with van der Waals surface area (Å²) in [6.45, 7) is 0.487. The smallest absolute Gasteiger partial charge is 0.303 e. The first-order valence-electron chi connectivity index (χ1n) is 9.49. The van der Waals surface area contributed by atoms with Gasteiger partial charge in [0, 0.05) is 13.0 Å². The number of rotatable bonds is 10. The lowest BCUT2D eigenvalue weighted by Crippen LogP contribution is -2.35. The van der Waals surface area contributed by atoms with Crippen LogP contribution >= 0.6 is 0 Å². The molecule has 0 unspecified atom stereocenters. The zero-order chi connectivity index (χ0) is 21.3. The molecule has 0 saturated carbocycles. The SMILES string of the molecule is O=C(O)CCCCCNC(=O)/C(=C\c1ccc2c(c1)OCO2)NC(=O)c1ccco1. The van der Waals surface area contributed by atoms with Crippen LogP contribution in [0.5, 0.6) is 11.5 Å². The maximum Gasteiger partial charge on any atom is 0.303 e. The largest absolute Gasteiger partial charge is 0.481 e. The standard InChI is InChI=1S/C21H22N2O7/c24-19(25)6-2-1-3-9-22-20(26)15(23-21(27)17-5-4-10-28-17)11-14-7-8-16-18(12-14)30-13-29-16/h4-5,7-8,10-12H,1-3,6,9,13H2,(H,22,26)(H,23,27)(H,24,25)/b15-11+. The van der Waals surface area contributed by atoms with Crippen molar-refractivity contribution in [1.29, 1.82) is 0 Å². The first kappa shape index (κ1) is 21.0. The number of carbonyl (C=O) groups excluding carboxylic acids is 2. The number of hydrogen-bond donors (Lipinski definition) is 3. The van der Waals surface area contributed by atoms with Gasteiger partial charge in [0.25, 0.3) is 11.8 Å². The molecule has 1 aromatic carbocycles. The second kappa shape index (κ2) is 10.1. The minimum absolute atomic E-state index is 0.0424. The topological polar surface area (TPSA) is 127 Å². The Hall–Kier alpha value is -3.75. The fraction of sp³-hybridized carbons (Fsp3) is 0.286. The Kier molecular flexibility index (Phi) is 7.09. The number of fused-ring (bicyclic) bond motifs is 1. The lowest BCUT2D eigenvalue weighted by atomic mass is 10.1. The molecule has 0 atom stereocenters. The number of carboxylic acids is 1. The van der Waals surface area contributed by atoms with Crippen molar-refractivity contribution < 1.29 is 33.4 Å². The number of furan rings is 1. The van der Waals surface area contributed by atoms with Gasteiger partial charge in [-0.15, -0.1) is 0 Å². The van der Waals surface area contributed by atoms with E-state index in [0.29, 0.717) is 42.9 Å². The average Bonchev–Trinajstić information content (AvgIpc) is 3.41. The molecule has 1 aliphatic rings. The summed E-state index contributed by atoms with van der Waals surface area (Å²) in [6.07, 6.45) is 4.84. The number of carboxylic acid groups (broad SMARTS) is 1. The molecule has 2 aromatic rings. The molecule has 3 rings (SSSR count). The molecule has 0 saturated heterocycles. The highest BCUT2D eigenvalue weighted by atomic mass is 16.7. The molecule has 0 radical (unpaired) electrons. The summed E-state index contributed by atoms with van der Waals surface area (Å²) in [5.74, 6) is -0.616. The summed E-state index contributed by atoms with van der Waals surface area (Å²) in [6, 6.07) is 8.24. The number of nitrogens with one attached hydrogen (secondary N) is 2. The van der Waals surface area contributed by atoms with Crippen LogP contribution in [0.1, 0.15) is 41.8 Å². The number of hydrogen-bond acceptors (Lipinski definition) is 6. The van der Waals surface area contributed by atoms with E-state index in [0.717, 1.165) is 0 Å². The van der Waals surface area contributed by atoms with Gasteiger partial charge in [-0.2, -0.15) is 0 Å². The molecule has 3 N–H and O–H groups in total. The van der Waals surface area contributed by atoms with Gasteiger partial charge in [0.05, 0.1) is 6.26 Å². The van der Waals surface area contributed by atoms with Crippen LogP contribution in [0.15, 0.2) is 46.7 Å². The van der Waals surface area contributed by atoms with E-state index in [1.54, 1.807) is 24.3 Å². The van der Waals surface area contributed by atoms with E-state index in [4.69, 9.17) is 19.0 Å². The summed E-state index contributed by atoms with van der Waals surface area (Å²) in [5, 5.41) is 14.0. The molecule has 0 aliphatic carbocycles. The molecule has 0 fully saturated rings. The van der Waals surface area contributed by atoms with E-state index in [-0.39, 0.29) is 24.7 Å². The molecule has 0 bridgehead atoms. The Bertz CT molecular complexity index is 935. The summed E-state index contributed by atoms with van der Waals surface area (Å²) in [4.78, 5) is 35.5. The van der Waals surface area contributed by atoms with Gasteiger partial charge < -0.3 is 29.6 Å². The van der Waals surface area contributed by atoms with E-state index in [1.807, 2.05) is 0 Å². The molecule has 1 aliphatic heterocycles. The lowest BCUT2D eigenvalue weighted by Gasteiger charge is -2.10. The monoisotopic (exact) mass is 414 g/mol. The van der Waals surface area contributed by atoms with Crippen LogP contribution in [0.4, 0.5) is 0 Å². The van der Waals surface area contributed by atoms with Crippen molar-refractivity contribution in [3.05, 3.63) is 53.6 Å². The van der Waals surface area contributed by atoms with Crippen molar-refractivity contribution in [2.24, 2.45) is 0 Å². The Labute approximate surface area is 172 Å². The Morgan fingerprint density at radius 3 is 2.67 bits per heavy atom. The van der Waals surface area contributed by atoms with Crippen molar-refractivity contribution in [1.82, 2.24) is 10.6 Å². The number of ether oxygens (including phenoxy) is 2. The summed E-state index contributed by atoms with van der Waals surface area (Å²) in [7, 11) is 0. The first-order valence-corrected chi connectivity index (χ1v) is 9.49. The number of amides is 2. The molecule has 30 heavy (non-hydrogen) atoms. The quantitative estimate of drug-likeness (QED) is 0.403. The zero-order valence-corrected chi connectivity index (χ0v) is 16.2. The van der Waals surface area contributed by atoms with Gasteiger partial charge >= 0.3 is 5.97 Å². The van der Waals surface area contributed by atoms with Crippen LogP contribution in [0.25, 0.3) is 6.08 Å². The van der Waals surface area contributed by atoms with Crippen molar-refractivity contribution >= 4 is 23.9 Å². The van der Waals surface area contributed by atoms with E-state index in [9.17, 15) is 14.4 Å². The van der Waals surface area contributed by atoms with Crippen molar-refractivity contribution in [3.8, 4) is 11.5 Å². The molecular formula is C21H22N2O7. The third kappa shape index (κ3) is 5.87. The normalized spacial score (nSPS) is 12.5. The number of unbranched alkanes of at least 4 members (excludes halogenated alkanes) is 2. The van der Waals surface area contributed by atoms with Crippen molar-refractivity contribution in [3.63, 3.8) is 0 Å². The molecule has 1 aromatic heterocycles. The van der Waals surface area contributed by atoms with Crippen LogP contribution in [-0.2, 0) is 9.59 Å².